The molecular formula is C27H25ClN2O3. The van der Waals surface area contributed by atoms with E-state index in [9.17, 15) is 9.59 Å². The normalized spacial score (nSPS) is 13.7. The first-order valence-electron chi connectivity index (χ1n) is 10.8. The first-order valence-corrected chi connectivity index (χ1v) is 11.1. The van der Waals surface area contributed by atoms with Crippen LogP contribution in [0, 0.1) is 20.8 Å². The van der Waals surface area contributed by atoms with E-state index < -0.39 is 5.91 Å². The Hall–Kier alpha value is -3.57. The Morgan fingerprint density at radius 3 is 2.27 bits per heavy atom. The number of halogens is 1. The summed E-state index contributed by atoms with van der Waals surface area (Å²) in [5.74, 6) is -0.0630. The van der Waals surface area contributed by atoms with Crippen molar-refractivity contribution >= 4 is 40.4 Å². The van der Waals surface area contributed by atoms with Gasteiger partial charge in [-0.15, -0.1) is 0 Å². The van der Waals surface area contributed by atoms with E-state index in [0.717, 1.165) is 16.7 Å². The number of benzene rings is 3. The van der Waals surface area contributed by atoms with Crippen molar-refractivity contribution < 1.29 is 14.3 Å². The van der Waals surface area contributed by atoms with E-state index in [1.165, 1.54) is 4.90 Å². The van der Waals surface area contributed by atoms with Crippen LogP contribution in [0.4, 0.5) is 11.4 Å². The molecule has 0 fully saturated rings. The zero-order valence-electron chi connectivity index (χ0n) is 19.0. The minimum absolute atomic E-state index is 0.232. The highest BCUT2D eigenvalue weighted by molar-refractivity contribution is 6.46. The van der Waals surface area contributed by atoms with Crippen LogP contribution in [-0.2, 0) is 9.59 Å². The Morgan fingerprint density at radius 2 is 1.61 bits per heavy atom. The lowest BCUT2D eigenvalue weighted by atomic mass is 10.0. The molecule has 3 aromatic rings. The summed E-state index contributed by atoms with van der Waals surface area (Å²) in [4.78, 5) is 28.6. The lowest BCUT2D eigenvalue weighted by Gasteiger charge is -2.18. The summed E-state index contributed by atoms with van der Waals surface area (Å²) in [7, 11) is 0. The van der Waals surface area contributed by atoms with Crippen LogP contribution in [0.2, 0.25) is 5.02 Å². The smallest absolute Gasteiger partial charge is 0.282 e. The zero-order valence-corrected chi connectivity index (χ0v) is 19.8. The molecule has 6 heteroatoms. The van der Waals surface area contributed by atoms with Crippen molar-refractivity contribution in [2.75, 3.05) is 16.8 Å². The van der Waals surface area contributed by atoms with Gasteiger partial charge in [0.25, 0.3) is 11.8 Å². The molecule has 168 valence electrons. The van der Waals surface area contributed by atoms with Gasteiger partial charge in [0, 0.05) is 10.7 Å². The van der Waals surface area contributed by atoms with E-state index in [0.29, 0.717) is 39.9 Å². The second kappa shape index (κ2) is 9.12. The van der Waals surface area contributed by atoms with Crippen molar-refractivity contribution in [3.63, 3.8) is 0 Å². The largest absolute Gasteiger partial charge is 0.494 e. The summed E-state index contributed by atoms with van der Waals surface area (Å²) >= 11 is 6.10. The molecule has 0 bridgehead atoms. The number of aryl methyl sites for hydroxylation is 3. The predicted octanol–water partition coefficient (Wildman–Crippen LogP) is 6.06. The highest BCUT2D eigenvalue weighted by Gasteiger charge is 2.41. The summed E-state index contributed by atoms with van der Waals surface area (Å²) in [6.07, 6.45) is 0. The van der Waals surface area contributed by atoms with Crippen LogP contribution in [0.15, 0.2) is 66.4 Å². The average Bonchev–Trinajstić information content (AvgIpc) is 3.02. The van der Waals surface area contributed by atoms with Crippen LogP contribution >= 0.6 is 11.6 Å². The fourth-order valence-electron chi connectivity index (χ4n) is 3.88. The van der Waals surface area contributed by atoms with Crippen LogP contribution in [0.3, 0.4) is 0 Å². The molecule has 1 aliphatic heterocycles. The number of nitrogens with zero attached hydrogens (tertiary/aromatic N) is 1. The van der Waals surface area contributed by atoms with Gasteiger partial charge in [0.1, 0.15) is 11.4 Å². The van der Waals surface area contributed by atoms with E-state index in [2.05, 4.69) is 5.32 Å². The number of hydrogen-bond donors (Lipinski definition) is 1. The van der Waals surface area contributed by atoms with Gasteiger partial charge >= 0.3 is 0 Å². The van der Waals surface area contributed by atoms with Crippen LogP contribution in [0.25, 0.3) is 5.57 Å². The van der Waals surface area contributed by atoms with Gasteiger partial charge in [0.2, 0.25) is 0 Å². The summed E-state index contributed by atoms with van der Waals surface area (Å²) < 4.78 is 5.53. The van der Waals surface area contributed by atoms with Gasteiger partial charge in [-0.05, 0) is 86.3 Å². The maximum absolute atomic E-state index is 13.7. The average molecular weight is 461 g/mol. The van der Waals surface area contributed by atoms with Gasteiger partial charge in [-0.1, -0.05) is 35.9 Å². The van der Waals surface area contributed by atoms with Gasteiger partial charge < -0.3 is 10.1 Å². The van der Waals surface area contributed by atoms with E-state index in [1.54, 1.807) is 36.4 Å². The molecule has 33 heavy (non-hydrogen) atoms. The Morgan fingerprint density at radius 1 is 0.879 bits per heavy atom. The van der Waals surface area contributed by atoms with Crippen molar-refractivity contribution in [3.8, 4) is 5.75 Å². The van der Waals surface area contributed by atoms with E-state index in [4.69, 9.17) is 16.3 Å². The van der Waals surface area contributed by atoms with Crippen LogP contribution < -0.4 is 15.0 Å². The number of carbonyl (C=O) groups is 2. The van der Waals surface area contributed by atoms with E-state index in [1.807, 2.05) is 52.0 Å². The molecule has 0 saturated heterocycles. The molecule has 1 N–H and O–H groups in total. The van der Waals surface area contributed by atoms with Crippen LogP contribution in [-0.4, -0.2) is 18.4 Å². The monoisotopic (exact) mass is 460 g/mol. The number of rotatable bonds is 6. The highest BCUT2D eigenvalue weighted by Crippen LogP contribution is 2.36. The number of ether oxygens (including phenoxy) is 1. The number of imide groups is 1. The molecule has 0 aliphatic carbocycles. The van der Waals surface area contributed by atoms with Gasteiger partial charge in [-0.25, -0.2) is 4.90 Å². The number of nitrogens with one attached hydrogen (secondary N) is 1. The molecule has 1 aliphatic rings. The predicted molar refractivity (Wildman–Crippen MR) is 133 cm³/mol. The number of carbonyl (C=O) groups excluding carboxylic acids is 2. The lowest BCUT2D eigenvalue weighted by Crippen LogP contribution is -2.33. The molecule has 5 nitrogen and oxygen atoms in total. The van der Waals surface area contributed by atoms with Crippen LogP contribution in [0.5, 0.6) is 5.75 Å². The molecule has 0 radical (unpaired) electrons. The molecule has 0 aromatic heterocycles. The van der Waals surface area contributed by atoms with Crippen LogP contribution in [0.1, 0.15) is 29.2 Å². The topological polar surface area (TPSA) is 58.6 Å². The molecule has 3 aromatic carbocycles. The first kappa shape index (κ1) is 22.6. The second-order valence-electron chi connectivity index (χ2n) is 8.03. The van der Waals surface area contributed by atoms with Crippen molar-refractivity contribution in [2.45, 2.75) is 27.7 Å². The molecule has 0 unspecified atom stereocenters. The van der Waals surface area contributed by atoms with Gasteiger partial charge in [0.05, 0.1) is 17.9 Å². The maximum Gasteiger partial charge on any atom is 0.282 e. The fraction of sp³-hybridized carbons (Fsp3) is 0.185. The summed E-state index contributed by atoms with van der Waals surface area (Å²) in [5, 5.41) is 3.82. The highest BCUT2D eigenvalue weighted by atomic mass is 35.5. The Labute approximate surface area is 198 Å². The number of amides is 2. The molecule has 2 amide bonds. The molecule has 1 heterocycles. The second-order valence-corrected chi connectivity index (χ2v) is 8.46. The van der Waals surface area contributed by atoms with Crippen molar-refractivity contribution in [1.29, 1.82) is 0 Å². The van der Waals surface area contributed by atoms with E-state index in [-0.39, 0.29) is 11.6 Å². The Bertz CT molecular complexity index is 1280. The fourth-order valence-corrected chi connectivity index (χ4v) is 4.11. The quantitative estimate of drug-likeness (QED) is 0.454. The van der Waals surface area contributed by atoms with Gasteiger partial charge in [-0.2, -0.15) is 0 Å². The number of anilines is 2. The molecule has 4 rings (SSSR count). The van der Waals surface area contributed by atoms with Crippen molar-refractivity contribution in [3.05, 3.63) is 93.6 Å². The zero-order chi connectivity index (χ0) is 23.7. The van der Waals surface area contributed by atoms with Gasteiger partial charge in [0.15, 0.2) is 0 Å². The minimum atomic E-state index is -0.396. The molecular weight excluding hydrogens is 436 g/mol. The lowest BCUT2D eigenvalue weighted by molar-refractivity contribution is -0.120. The maximum atomic E-state index is 13.7. The van der Waals surface area contributed by atoms with E-state index >= 15 is 0 Å². The molecule has 0 saturated carbocycles. The molecule has 0 atom stereocenters. The molecule has 0 spiro atoms. The van der Waals surface area contributed by atoms with Crippen molar-refractivity contribution in [1.82, 2.24) is 0 Å². The SMILES string of the molecule is CCOc1ccc(C2=C(Nc3ccc(Cl)cc3C)C(=O)N(c3cc(C)ccc3C)C2=O)cc1. The van der Waals surface area contributed by atoms with Gasteiger partial charge in [-0.3, -0.25) is 9.59 Å². The third kappa shape index (κ3) is 4.37. The van der Waals surface area contributed by atoms with Crippen molar-refractivity contribution in [2.24, 2.45) is 0 Å². The summed E-state index contributed by atoms with van der Waals surface area (Å²) in [6.45, 7) is 8.18. The third-order valence-corrected chi connectivity index (χ3v) is 5.83. The first-order chi connectivity index (χ1) is 15.8. The minimum Gasteiger partial charge on any atom is -0.494 e. The Balaban J connectivity index is 1.84. The Kier molecular flexibility index (Phi) is 6.25. The third-order valence-electron chi connectivity index (χ3n) is 5.59. The summed E-state index contributed by atoms with van der Waals surface area (Å²) in [5.41, 5.74) is 5.16. The number of hydrogen-bond acceptors (Lipinski definition) is 4. The summed E-state index contributed by atoms with van der Waals surface area (Å²) in [6, 6.07) is 18.3. The standard InChI is InChI=1S/C27H25ClN2O3/c1-5-33-21-11-8-19(9-12-21)24-25(29-22-13-10-20(28)15-18(22)4)27(32)30(26(24)31)23-14-16(2)6-7-17(23)3/h6-15,29H,5H2,1-4H3.